The summed E-state index contributed by atoms with van der Waals surface area (Å²) in [6, 6.07) is 4.19. The van der Waals surface area contributed by atoms with Gasteiger partial charge in [-0.3, -0.25) is 0 Å². The summed E-state index contributed by atoms with van der Waals surface area (Å²) in [5.41, 5.74) is 2.09. The molecule has 22 heavy (non-hydrogen) atoms. The number of hydrogen-bond acceptors (Lipinski definition) is 4. The van der Waals surface area contributed by atoms with E-state index in [1.807, 2.05) is 27.0 Å². The molecule has 116 valence electrons. The van der Waals surface area contributed by atoms with E-state index in [9.17, 15) is 9.18 Å². The molecule has 1 amide bonds. The molecule has 7 heteroatoms. The van der Waals surface area contributed by atoms with Crippen molar-refractivity contribution in [1.82, 2.24) is 15.5 Å². The zero-order valence-electron chi connectivity index (χ0n) is 13.3. The minimum atomic E-state index is -0.334. The molecule has 0 saturated carbocycles. The first-order chi connectivity index (χ1) is 10.4. The fourth-order valence-electron chi connectivity index (χ4n) is 2.15. The standard InChI is InChI=1S/C13H13BFN3O.C2H7N/c1-8-3-4-9(15)5-10(8)11-6-12(19)18(2)13(17-11)14-7-16;1-3-2/h3-5,11,17H,6H2,1-2H3;3H,1-2H3/t11-;/m0./s1. The zero-order valence-corrected chi connectivity index (χ0v) is 13.3. The average molecular weight is 302 g/mol. The molecule has 0 aliphatic carbocycles. The van der Waals surface area contributed by atoms with Gasteiger partial charge in [-0.05, 0) is 14.1 Å². The van der Waals surface area contributed by atoms with E-state index in [2.05, 4.69) is 10.6 Å². The fourth-order valence-corrected chi connectivity index (χ4v) is 2.15. The summed E-state index contributed by atoms with van der Waals surface area (Å²) in [6.07, 6.45) is 0.240. The number of nitrogens with zero attached hydrogens (tertiary/aromatic N) is 2. The van der Waals surface area contributed by atoms with Gasteiger partial charge in [-0.2, -0.15) is 0 Å². The maximum absolute atomic E-state index is 13.3. The van der Waals surface area contributed by atoms with Gasteiger partial charge in [0.05, 0.1) is 0 Å². The van der Waals surface area contributed by atoms with Crippen LogP contribution in [0, 0.1) is 24.0 Å². The zero-order chi connectivity index (χ0) is 16.7. The summed E-state index contributed by atoms with van der Waals surface area (Å²) in [5, 5.41) is 14.6. The summed E-state index contributed by atoms with van der Waals surface area (Å²) >= 11 is 0. The fraction of sp³-hybridized carbons (Fsp3) is 0.400. The first kappa shape index (κ1) is 17.9. The Morgan fingerprint density at radius 2 is 2.14 bits per heavy atom. The minimum absolute atomic E-state index is 0.103. The van der Waals surface area contributed by atoms with E-state index in [-0.39, 0.29) is 24.2 Å². The van der Waals surface area contributed by atoms with Crippen molar-refractivity contribution < 1.29 is 9.18 Å². The molecule has 1 aromatic carbocycles. The monoisotopic (exact) mass is 302 g/mol. The summed E-state index contributed by atoms with van der Waals surface area (Å²) in [6.45, 7) is 3.14. The van der Waals surface area contributed by atoms with E-state index in [0.29, 0.717) is 5.71 Å². The Bertz CT molecular complexity index is 612. The Kier molecular flexibility index (Phi) is 6.73. The number of nitrogens with one attached hydrogen (secondary N) is 2. The molecule has 1 aromatic rings. The second-order valence-corrected chi connectivity index (χ2v) is 5.01. The number of rotatable bonds is 1. The van der Waals surface area contributed by atoms with Gasteiger partial charge < -0.3 is 5.32 Å². The maximum atomic E-state index is 13.3. The third-order valence-corrected chi connectivity index (χ3v) is 3.25. The molecule has 0 bridgehead atoms. The molecule has 1 atom stereocenters. The van der Waals surface area contributed by atoms with Crippen molar-refractivity contribution in [3.05, 3.63) is 35.1 Å². The molecule has 2 N–H and O–H groups in total. The molecule has 1 fully saturated rings. The summed E-state index contributed by atoms with van der Waals surface area (Å²) in [5.74, 6) is 1.46. The Morgan fingerprint density at radius 3 is 2.73 bits per heavy atom. The van der Waals surface area contributed by atoms with Crippen LogP contribution >= 0.6 is 0 Å². The van der Waals surface area contributed by atoms with Crippen LogP contribution in [0.3, 0.4) is 0 Å². The van der Waals surface area contributed by atoms with Crippen molar-refractivity contribution in [2.24, 2.45) is 0 Å². The summed E-state index contributed by atoms with van der Waals surface area (Å²) in [4.78, 5) is 13.3. The number of amides is 1. The van der Waals surface area contributed by atoms with Crippen molar-refractivity contribution >= 4 is 18.5 Å². The van der Waals surface area contributed by atoms with Crippen LogP contribution < -0.4 is 10.6 Å². The van der Waals surface area contributed by atoms with Gasteiger partial charge in [-0.25, -0.2) is 0 Å². The molecular weight excluding hydrogens is 282 g/mol. The van der Waals surface area contributed by atoms with Crippen LogP contribution in [0.1, 0.15) is 23.6 Å². The van der Waals surface area contributed by atoms with Crippen LogP contribution in [-0.4, -0.2) is 44.6 Å². The Hall–Kier alpha value is -2.20. The summed E-state index contributed by atoms with van der Waals surface area (Å²) < 4.78 is 13.3. The topological polar surface area (TPSA) is 68.2 Å². The SMILES string of the molecule is CNC.Cc1ccc(F)cc1[C@@H]1CC(=O)N(C)C(=BC#N)N1. The molecule has 1 aliphatic rings. The van der Waals surface area contributed by atoms with Gasteiger partial charge in [0.1, 0.15) is 0 Å². The van der Waals surface area contributed by atoms with Crippen LogP contribution in [0.2, 0.25) is 0 Å². The molecule has 2 rings (SSSR count). The van der Waals surface area contributed by atoms with Gasteiger partial charge in [0.2, 0.25) is 0 Å². The van der Waals surface area contributed by atoms with Crippen LogP contribution in [0.25, 0.3) is 0 Å². The van der Waals surface area contributed by atoms with Crippen molar-refractivity contribution in [1.29, 1.82) is 5.26 Å². The quantitative estimate of drug-likeness (QED) is 0.751. The number of aryl methyl sites for hydroxylation is 1. The second-order valence-electron chi connectivity index (χ2n) is 5.01. The van der Waals surface area contributed by atoms with Gasteiger partial charge in [-0.15, -0.1) is 0 Å². The van der Waals surface area contributed by atoms with Crippen LogP contribution in [0.5, 0.6) is 0 Å². The third-order valence-electron chi connectivity index (χ3n) is 3.25. The molecule has 1 heterocycles. The van der Waals surface area contributed by atoms with Gasteiger partial charge >= 0.3 is 111 Å². The Balaban J connectivity index is 0.000000745. The number of nitriles is 1. The first-order valence-corrected chi connectivity index (χ1v) is 6.92. The van der Waals surface area contributed by atoms with Gasteiger partial charge in [0, 0.05) is 0 Å². The normalized spacial score (nSPS) is 18.7. The molecule has 1 aliphatic heterocycles. The molecule has 0 unspecified atom stereocenters. The van der Waals surface area contributed by atoms with E-state index in [1.54, 1.807) is 13.1 Å². The van der Waals surface area contributed by atoms with Crippen molar-refractivity contribution in [2.75, 3.05) is 21.1 Å². The molecule has 0 aromatic heterocycles. The second kappa shape index (κ2) is 8.30. The molecule has 0 radical (unpaired) electrons. The first-order valence-electron chi connectivity index (χ1n) is 6.92. The number of hydrogen-bond donors (Lipinski definition) is 2. The van der Waals surface area contributed by atoms with E-state index >= 15 is 0 Å². The van der Waals surface area contributed by atoms with Crippen molar-refractivity contribution in [3.63, 3.8) is 0 Å². The van der Waals surface area contributed by atoms with E-state index in [4.69, 9.17) is 5.26 Å². The predicted molar refractivity (Wildman–Crippen MR) is 85.8 cm³/mol. The van der Waals surface area contributed by atoms with Crippen LogP contribution in [0.4, 0.5) is 4.39 Å². The number of carbonyl (C=O) groups is 1. The third kappa shape index (κ3) is 4.40. The van der Waals surface area contributed by atoms with Gasteiger partial charge in [0.15, 0.2) is 0 Å². The molecule has 1 saturated heterocycles. The molecular formula is C15H20BFN4O. The Morgan fingerprint density at radius 1 is 1.50 bits per heavy atom. The van der Waals surface area contributed by atoms with E-state index < -0.39 is 0 Å². The predicted octanol–water partition coefficient (Wildman–Crippen LogP) is 0.735. The van der Waals surface area contributed by atoms with E-state index in [1.165, 1.54) is 24.0 Å². The van der Waals surface area contributed by atoms with Crippen molar-refractivity contribution in [2.45, 2.75) is 19.4 Å². The van der Waals surface area contributed by atoms with Crippen LogP contribution in [-0.2, 0) is 4.79 Å². The van der Waals surface area contributed by atoms with Crippen LogP contribution in [0.15, 0.2) is 18.2 Å². The Labute approximate surface area is 131 Å². The molecule has 0 spiro atoms. The molecule has 5 nitrogen and oxygen atoms in total. The number of carbonyl (C=O) groups excluding carboxylic acids is 1. The average Bonchev–Trinajstić information content (AvgIpc) is 2.47. The van der Waals surface area contributed by atoms with Gasteiger partial charge in [0.25, 0.3) is 0 Å². The van der Waals surface area contributed by atoms with Gasteiger partial charge in [-0.1, -0.05) is 0 Å². The summed E-state index contributed by atoms with van der Waals surface area (Å²) in [7, 11) is 5.35. The number of benzene rings is 1. The van der Waals surface area contributed by atoms with E-state index in [0.717, 1.165) is 11.1 Å². The van der Waals surface area contributed by atoms with Crippen molar-refractivity contribution in [3.8, 4) is 5.97 Å². The number of halogens is 1.